The second-order valence-electron chi connectivity index (χ2n) is 6.61. The van der Waals surface area contributed by atoms with Gasteiger partial charge in [-0.05, 0) is 40.3 Å². The molecule has 0 aliphatic heterocycles. The Kier molecular flexibility index (Phi) is 5.12. The number of thiophene rings is 1. The van der Waals surface area contributed by atoms with Crippen LogP contribution in [0.25, 0.3) is 10.1 Å². The molecule has 4 aromatic rings. The van der Waals surface area contributed by atoms with E-state index >= 15 is 0 Å². The Morgan fingerprint density at radius 1 is 0.862 bits per heavy atom. The van der Waals surface area contributed by atoms with E-state index in [0.29, 0.717) is 10.4 Å². The number of primary amides is 1. The molecule has 0 bridgehead atoms. The molecule has 0 fully saturated rings. The number of carbonyl (C=O) groups is 2. The van der Waals surface area contributed by atoms with Crippen molar-refractivity contribution in [2.75, 3.05) is 0 Å². The first-order valence-electron chi connectivity index (χ1n) is 9.00. The first-order chi connectivity index (χ1) is 14.1. The van der Waals surface area contributed by atoms with Crippen molar-refractivity contribution >= 4 is 33.2 Å². The van der Waals surface area contributed by atoms with Crippen LogP contribution in [-0.4, -0.2) is 17.0 Å². The average Bonchev–Trinajstić information content (AvgIpc) is 3.14. The maximum atomic E-state index is 12.3. The molecule has 1 heterocycles. The zero-order valence-corrected chi connectivity index (χ0v) is 16.1. The molecule has 0 saturated carbocycles. The molecule has 0 aliphatic carbocycles. The smallest absolute Gasteiger partial charge is 0.274 e. The molecule has 0 aliphatic rings. The normalized spacial score (nSPS) is 11.9. The molecule has 4 N–H and O–H groups in total. The molecule has 3 aromatic carbocycles. The highest BCUT2D eigenvalue weighted by Gasteiger charge is 2.26. The van der Waals surface area contributed by atoms with Crippen molar-refractivity contribution in [3.8, 4) is 0 Å². The zero-order valence-electron chi connectivity index (χ0n) is 15.3. The number of fused-ring (bicyclic) bond motifs is 1. The Morgan fingerprint density at radius 3 is 2.14 bits per heavy atom. The summed E-state index contributed by atoms with van der Waals surface area (Å²) in [5, 5.41) is 9.84. The van der Waals surface area contributed by atoms with Gasteiger partial charge in [-0.25, -0.2) is 5.48 Å². The van der Waals surface area contributed by atoms with Crippen LogP contribution in [0.1, 0.15) is 42.6 Å². The molecule has 1 atom stereocenters. The van der Waals surface area contributed by atoms with Crippen LogP contribution in [0.15, 0.2) is 78.9 Å². The van der Waals surface area contributed by atoms with Crippen molar-refractivity contribution in [3.05, 3.63) is 106 Å². The predicted molar refractivity (Wildman–Crippen MR) is 113 cm³/mol. The summed E-state index contributed by atoms with van der Waals surface area (Å²) < 4.78 is 0.994. The number of hydrogen-bond acceptors (Lipinski definition) is 4. The van der Waals surface area contributed by atoms with Crippen molar-refractivity contribution in [2.24, 2.45) is 5.73 Å². The van der Waals surface area contributed by atoms with E-state index in [9.17, 15) is 9.59 Å². The van der Waals surface area contributed by atoms with Gasteiger partial charge < -0.3 is 5.73 Å². The van der Waals surface area contributed by atoms with E-state index < -0.39 is 11.8 Å². The summed E-state index contributed by atoms with van der Waals surface area (Å²) in [5.74, 6) is -1.27. The highest BCUT2D eigenvalue weighted by Crippen LogP contribution is 2.42. The SMILES string of the molecule is NC(=O)c1sc2ccccc2c1[C@@H](c1ccccc1)c1ccc(C(=O)NO)cc1. The van der Waals surface area contributed by atoms with Crippen molar-refractivity contribution in [1.82, 2.24) is 5.48 Å². The van der Waals surface area contributed by atoms with Crippen LogP contribution in [0.4, 0.5) is 0 Å². The van der Waals surface area contributed by atoms with Crippen molar-refractivity contribution < 1.29 is 14.8 Å². The van der Waals surface area contributed by atoms with Crippen LogP contribution in [0.2, 0.25) is 0 Å². The predicted octanol–water partition coefficient (Wildman–Crippen LogP) is 4.30. The third-order valence-corrected chi connectivity index (χ3v) is 6.09. The molecule has 0 unspecified atom stereocenters. The van der Waals surface area contributed by atoms with Crippen molar-refractivity contribution in [1.29, 1.82) is 0 Å². The van der Waals surface area contributed by atoms with Gasteiger partial charge in [0.25, 0.3) is 11.8 Å². The minimum Gasteiger partial charge on any atom is -0.365 e. The Labute approximate surface area is 171 Å². The number of nitrogens with one attached hydrogen (secondary N) is 1. The molecule has 4 rings (SSSR count). The van der Waals surface area contributed by atoms with Crippen LogP contribution in [-0.2, 0) is 0 Å². The van der Waals surface area contributed by atoms with E-state index in [4.69, 9.17) is 10.9 Å². The molecular formula is C23H18N2O3S. The van der Waals surface area contributed by atoms with E-state index in [-0.39, 0.29) is 5.92 Å². The Morgan fingerprint density at radius 2 is 1.48 bits per heavy atom. The van der Waals surface area contributed by atoms with Gasteiger partial charge in [-0.1, -0.05) is 60.7 Å². The Hall–Kier alpha value is -3.48. The fourth-order valence-electron chi connectivity index (χ4n) is 3.60. The summed E-state index contributed by atoms with van der Waals surface area (Å²) in [4.78, 5) is 24.5. The molecule has 0 saturated heterocycles. The minimum atomic E-state index is -0.577. The van der Waals surface area contributed by atoms with E-state index in [2.05, 4.69) is 0 Å². The van der Waals surface area contributed by atoms with Crippen LogP contribution in [0.5, 0.6) is 0 Å². The minimum absolute atomic E-state index is 0.235. The molecule has 2 amide bonds. The van der Waals surface area contributed by atoms with Crippen LogP contribution in [0, 0.1) is 0 Å². The van der Waals surface area contributed by atoms with Gasteiger partial charge in [0, 0.05) is 16.2 Å². The molecule has 29 heavy (non-hydrogen) atoms. The summed E-state index contributed by atoms with van der Waals surface area (Å²) >= 11 is 1.39. The lowest BCUT2D eigenvalue weighted by Gasteiger charge is -2.20. The summed E-state index contributed by atoms with van der Waals surface area (Å²) in [6.45, 7) is 0. The fraction of sp³-hybridized carbons (Fsp3) is 0.0435. The maximum absolute atomic E-state index is 12.3. The van der Waals surface area contributed by atoms with Gasteiger partial charge in [-0.15, -0.1) is 11.3 Å². The monoisotopic (exact) mass is 402 g/mol. The van der Waals surface area contributed by atoms with Gasteiger partial charge in [-0.2, -0.15) is 0 Å². The summed E-state index contributed by atoms with van der Waals surface area (Å²) in [6, 6.07) is 24.7. The van der Waals surface area contributed by atoms with Crippen LogP contribution >= 0.6 is 11.3 Å². The Bertz CT molecular complexity index is 1180. The molecule has 6 heteroatoms. The maximum Gasteiger partial charge on any atom is 0.274 e. The van der Waals surface area contributed by atoms with E-state index in [1.807, 2.05) is 66.7 Å². The lowest BCUT2D eigenvalue weighted by molar-refractivity contribution is 0.0706. The third-order valence-electron chi connectivity index (χ3n) is 4.89. The highest BCUT2D eigenvalue weighted by molar-refractivity contribution is 7.21. The van der Waals surface area contributed by atoms with Gasteiger partial charge in [0.1, 0.15) is 0 Å². The van der Waals surface area contributed by atoms with Crippen LogP contribution < -0.4 is 11.2 Å². The highest BCUT2D eigenvalue weighted by atomic mass is 32.1. The number of carbonyl (C=O) groups excluding carboxylic acids is 2. The molecular weight excluding hydrogens is 384 g/mol. The number of amides is 2. The first-order valence-corrected chi connectivity index (χ1v) is 9.82. The van der Waals surface area contributed by atoms with Gasteiger partial charge in [0.05, 0.1) is 4.88 Å². The summed E-state index contributed by atoms with van der Waals surface area (Å²) in [5.41, 5.74) is 10.5. The van der Waals surface area contributed by atoms with Crippen LogP contribution in [0.3, 0.4) is 0 Å². The average molecular weight is 402 g/mol. The molecule has 5 nitrogen and oxygen atoms in total. The number of hydroxylamine groups is 1. The van der Waals surface area contributed by atoms with Crippen molar-refractivity contribution in [3.63, 3.8) is 0 Å². The quantitative estimate of drug-likeness (QED) is 0.343. The Balaban J connectivity index is 1.96. The molecule has 0 spiro atoms. The lowest BCUT2D eigenvalue weighted by atomic mass is 9.83. The van der Waals surface area contributed by atoms with Gasteiger partial charge in [0.2, 0.25) is 0 Å². The number of benzene rings is 3. The lowest BCUT2D eigenvalue weighted by Crippen LogP contribution is -2.18. The second kappa shape index (κ2) is 7.87. The van der Waals surface area contributed by atoms with Crippen molar-refractivity contribution in [2.45, 2.75) is 5.92 Å². The number of hydrogen-bond donors (Lipinski definition) is 3. The van der Waals surface area contributed by atoms with Gasteiger partial charge in [0.15, 0.2) is 0 Å². The molecule has 144 valence electrons. The topological polar surface area (TPSA) is 92.4 Å². The largest absolute Gasteiger partial charge is 0.365 e. The van der Waals surface area contributed by atoms with E-state index in [1.165, 1.54) is 11.3 Å². The standard InChI is InChI=1S/C23H18N2O3S/c24-22(26)21-20(17-8-4-5-9-18(17)29-21)19(14-6-2-1-3-7-14)15-10-12-16(13-11-15)23(27)25-28/h1-13,19,28H,(H2,24,26)(H,25,27)/t19-/m0/s1. The van der Waals surface area contributed by atoms with E-state index in [1.54, 1.807) is 17.6 Å². The first kappa shape index (κ1) is 18.9. The molecule has 0 radical (unpaired) electrons. The number of nitrogens with two attached hydrogens (primary N) is 1. The zero-order chi connectivity index (χ0) is 20.4. The fourth-order valence-corrected chi connectivity index (χ4v) is 4.69. The van der Waals surface area contributed by atoms with E-state index in [0.717, 1.165) is 26.8 Å². The van der Waals surface area contributed by atoms with Gasteiger partial charge >= 0.3 is 0 Å². The second-order valence-corrected chi connectivity index (χ2v) is 7.66. The van der Waals surface area contributed by atoms with Gasteiger partial charge in [-0.3, -0.25) is 14.8 Å². The molecule has 1 aromatic heterocycles. The number of rotatable bonds is 5. The summed E-state index contributed by atoms with van der Waals surface area (Å²) in [6.07, 6.45) is 0. The summed E-state index contributed by atoms with van der Waals surface area (Å²) in [7, 11) is 0. The third kappa shape index (κ3) is 3.51.